The second kappa shape index (κ2) is 3.54. The molecule has 1 heterocycles. The van der Waals surface area contributed by atoms with E-state index in [1.807, 2.05) is 0 Å². The van der Waals surface area contributed by atoms with Crippen LogP contribution in [0, 0.1) is 0 Å². The van der Waals surface area contributed by atoms with E-state index in [2.05, 4.69) is 29.9 Å². The van der Waals surface area contributed by atoms with Gasteiger partial charge in [0.25, 0.3) is 0 Å². The number of aryl methyl sites for hydroxylation is 1. The van der Waals surface area contributed by atoms with Gasteiger partial charge in [-0.05, 0) is 31.4 Å². The molecule has 2 rings (SSSR count). The maximum atomic E-state index is 5.97. The minimum atomic E-state index is 0.425. The fourth-order valence-electron chi connectivity index (χ4n) is 2.39. The van der Waals surface area contributed by atoms with Crippen LogP contribution in [0.2, 0.25) is 0 Å². The summed E-state index contributed by atoms with van der Waals surface area (Å²) in [6, 6.07) is 4.77. The van der Waals surface area contributed by atoms with Crippen molar-refractivity contribution in [3.05, 3.63) is 24.0 Å². The van der Waals surface area contributed by atoms with Crippen LogP contribution < -0.4 is 5.73 Å². The molecule has 2 atom stereocenters. The van der Waals surface area contributed by atoms with Gasteiger partial charge in [0, 0.05) is 30.9 Å². The van der Waals surface area contributed by atoms with E-state index in [1.165, 1.54) is 25.0 Å². The Morgan fingerprint density at radius 1 is 1.46 bits per heavy atom. The Labute approximate surface area is 79.7 Å². The first kappa shape index (κ1) is 8.82. The van der Waals surface area contributed by atoms with Gasteiger partial charge in [-0.15, -0.1) is 0 Å². The molecule has 0 bridgehead atoms. The first-order valence-electron chi connectivity index (χ1n) is 5.14. The van der Waals surface area contributed by atoms with Crippen molar-refractivity contribution in [2.24, 2.45) is 12.8 Å². The van der Waals surface area contributed by atoms with Gasteiger partial charge in [0.15, 0.2) is 0 Å². The summed E-state index contributed by atoms with van der Waals surface area (Å²) in [6.45, 7) is 0. The second-order valence-corrected chi connectivity index (χ2v) is 4.17. The molecule has 1 aliphatic carbocycles. The normalized spacial score (nSPS) is 29.1. The van der Waals surface area contributed by atoms with Crippen LogP contribution >= 0.6 is 0 Å². The number of rotatable bonds is 1. The summed E-state index contributed by atoms with van der Waals surface area (Å²) in [7, 11) is 2.12. The molecule has 1 aromatic heterocycles. The van der Waals surface area contributed by atoms with Gasteiger partial charge in [-0.25, -0.2) is 0 Å². The zero-order chi connectivity index (χ0) is 9.26. The Hall–Kier alpha value is -0.760. The fourth-order valence-corrected chi connectivity index (χ4v) is 2.39. The second-order valence-electron chi connectivity index (χ2n) is 4.17. The minimum Gasteiger partial charge on any atom is -0.354 e. The average molecular weight is 178 g/mol. The minimum absolute atomic E-state index is 0.425. The summed E-state index contributed by atoms with van der Waals surface area (Å²) < 4.78 is 2.22. The molecule has 0 saturated heterocycles. The maximum Gasteiger partial charge on any atom is 0.0203 e. The molecule has 2 N–H and O–H groups in total. The van der Waals surface area contributed by atoms with Crippen molar-refractivity contribution in [2.45, 2.75) is 37.6 Å². The van der Waals surface area contributed by atoms with Gasteiger partial charge >= 0.3 is 0 Å². The summed E-state index contributed by atoms with van der Waals surface area (Å²) in [4.78, 5) is 0. The van der Waals surface area contributed by atoms with Crippen molar-refractivity contribution in [3.63, 3.8) is 0 Å². The van der Waals surface area contributed by atoms with Crippen molar-refractivity contribution in [1.82, 2.24) is 4.57 Å². The molecule has 0 amide bonds. The first-order chi connectivity index (χ1) is 6.27. The van der Waals surface area contributed by atoms with Crippen LogP contribution in [0.4, 0.5) is 0 Å². The zero-order valence-electron chi connectivity index (χ0n) is 8.24. The lowest BCUT2D eigenvalue weighted by Crippen LogP contribution is -2.27. The lowest BCUT2D eigenvalue weighted by Gasteiger charge is -2.27. The molecular weight excluding hydrogens is 160 g/mol. The maximum absolute atomic E-state index is 5.97. The molecule has 2 unspecified atom stereocenters. The van der Waals surface area contributed by atoms with E-state index in [0.717, 1.165) is 6.42 Å². The predicted octanol–water partition coefficient (Wildman–Crippen LogP) is 2.01. The summed E-state index contributed by atoms with van der Waals surface area (Å²) in [5.41, 5.74) is 7.43. The molecule has 0 aliphatic heterocycles. The molecule has 2 nitrogen and oxygen atoms in total. The summed E-state index contributed by atoms with van der Waals surface area (Å²) in [5, 5.41) is 0. The molecule has 1 fully saturated rings. The van der Waals surface area contributed by atoms with Gasteiger partial charge in [0.05, 0.1) is 0 Å². The highest BCUT2D eigenvalue weighted by Crippen LogP contribution is 2.31. The highest BCUT2D eigenvalue weighted by molar-refractivity contribution is 5.13. The number of hydrogen-bond acceptors (Lipinski definition) is 1. The molecule has 1 aliphatic rings. The third-order valence-corrected chi connectivity index (χ3v) is 3.12. The highest BCUT2D eigenvalue weighted by Gasteiger charge is 2.21. The van der Waals surface area contributed by atoms with Crippen molar-refractivity contribution in [2.75, 3.05) is 0 Å². The standard InChI is InChI=1S/C11H18N2/c1-13-7-3-6-11(13)9-4-2-5-10(12)8-9/h3,6-7,9-10H,2,4-5,8,12H2,1H3. The van der Waals surface area contributed by atoms with Gasteiger partial charge in [0.1, 0.15) is 0 Å². The summed E-state index contributed by atoms with van der Waals surface area (Å²) >= 11 is 0. The van der Waals surface area contributed by atoms with Gasteiger partial charge in [-0.2, -0.15) is 0 Å². The number of aromatic nitrogens is 1. The Morgan fingerprint density at radius 3 is 2.92 bits per heavy atom. The van der Waals surface area contributed by atoms with Gasteiger partial charge in [0.2, 0.25) is 0 Å². The predicted molar refractivity (Wildman–Crippen MR) is 54.6 cm³/mol. The molecule has 13 heavy (non-hydrogen) atoms. The van der Waals surface area contributed by atoms with E-state index in [-0.39, 0.29) is 0 Å². The molecule has 1 saturated carbocycles. The Kier molecular flexibility index (Phi) is 2.40. The lowest BCUT2D eigenvalue weighted by molar-refractivity contribution is 0.383. The monoisotopic (exact) mass is 178 g/mol. The van der Waals surface area contributed by atoms with E-state index in [9.17, 15) is 0 Å². The number of nitrogens with zero attached hydrogens (tertiary/aromatic N) is 1. The molecule has 72 valence electrons. The molecule has 0 spiro atoms. The van der Waals surface area contributed by atoms with Crippen LogP contribution in [-0.4, -0.2) is 10.6 Å². The Morgan fingerprint density at radius 2 is 2.31 bits per heavy atom. The van der Waals surface area contributed by atoms with Gasteiger partial charge in [-0.1, -0.05) is 6.42 Å². The molecule has 1 aromatic rings. The topological polar surface area (TPSA) is 30.9 Å². The van der Waals surface area contributed by atoms with E-state index < -0.39 is 0 Å². The van der Waals surface area contributed by atoms with Gasteiger partial charge in [-0.3, -0.25) is 0 Å². The van der Waals surface area contributed by atoms with Crippen LogP contribution in [0.15, 0.2) is 18.3 Å². The van der Waals surface area contributed by atoms with E-state index in [0.29, 0.717) is 12.0 Å². The third kappa shape index (κ3) is 1.78. The molecule has 0 aromatic carbocycles. The third-order valence-electron chi connectivity index (χ3n) is 3.12. The van der Waals surface area contributed by atoms with Crippen molar-refractivity contribution in [1.29, 1.82) is 0 Å². The van der Waals surface area contributed by atoms with E-state index in [1.54, 1.807) is 0 Å². The first-order valence-corrected chi connectivity index (χ1v) is 5.14. The van der Waals surface area contributed by atoms with Crippen molar-refractivity contribution < 1.29 is 0 Å². The quantitative estimate of drug-likeness (QED) is 0.700. The van der Waals surface area contributed by atoms with Crippen LogP contribution in [0.3, 0.4) is 0 Å². The van der Waals surface area contributed by atoms with E-state index in [4.69, 9.17) is 5.73 Å². The van der Waals surface area contributed by atoms with Crippen LogP contribution in [-0.2, 0) is 7.05 Å². The Bertz CT molecular complexity index is 277. The van der Waals surface area contributed by atoms with Gasteiger partial charge < -0.3 is 10.3 Å². The molecule has 2 heteroatoms. The number of nitrogens with two attached hydrogens (primary N) is 1. The smallest absolute Gasteiger partial charge is 0.0203 e. The highest BCUT2D eigenvalue weighted by atomic mass is 14.9. The zero-order valence-corrected chi connectivity index (χ0v) is 8.24. The van der Waals surface area contributed by atoms with Crippen molar-refractivity contribution in [3.8, 4) is 0 Å². The lowest BCUT2D eigenvalue weighted by atomic mass is 9.84. The largest absolute Gasteiger partial charge is 0.354 e. The number of hydrogen-bond donors (Lipinski definition) is 1. The summed E-state index contributed by atoms with van der Waals surface area (Å²) in [5.74, 6) is 0.698. The molecular formula is C11H18N2. The van der Waals surface area contributed by atoms with E-state index >= 15 is 0 Å². The molecule has 0 radical (unpaired) electrons. The van der Waals surface area contributed by atoms with Crippen LogP contribution in [0.25, 0.3) is 0 Å². The van der Waals surface area contributed by atoms with Crippen LogP contribution in [0.1, 0.15) is 37.3 Å². The SMILES string of the molecule is Cn1cccc1C1CCCC(N)C1. The average Bonchev–Trinajstić information content (AvgIpc) is 2.51. The fraction of sp³-hybridized carbons (Fsp3) is 0.636. The van der Waals surface area contributed by atoms with Crippen LogP contribution in [0.5, 0.6) is 0 Å². The van der Waals surface area contributed by atoms with Crippen molar-refractivity contribution >= 4 is 0 Å². The summed E-state index contributed by atoms with van der Waals surface area (Å²) in [6.07, 6.45) is 7.09. The Balaban J connectivity index is 2.12.